The van der Waals surface area contributed by atoms with Crippen LogP contribution in [0.4, 0.5) is 5.69 Å². The number of ether oxygens (including phenoxy) is 5. The van der Waals surface area contributed by atoms with Gasteiger partial charge in [-0.3, -0.25) is 14.9 Å². The Morgan fingerprint density at radius 2 is 1.55 bits per heavy atom. The number of carbonyl (C=O) groups excluding carboxylic acids is 1. The molecule has 0 saturated carbocycles. The molecular weight excluding hydrogens is 430 g/mol. The molecule has 2 aliphatic heterocycles. The molecule has 4 rings (SSSR count). The van der Waals surface area contributed by atoms with E-state index in [0.717, 1.165) is 38.5 Å². The van der Waals surface area contributed by atoms with E-state index in [-0.39, 0.29) is 30.4 Å². The molecule has 0 bridgehead atoms. The van der Waals surface area contributed by atoms with Gasteiger partial charge in [0.15, 0.2) is 12.6 Å². The van der Waals surface area contributed by atoms with E-state index in [2.05, 4.69) is 0 Å². The smallest absolute Gasteiger partial charge is 0.315 e. The second kappa shape index (κ2) is 11.1. The lowest BCUT2D eigenvalue weighted by Crippen LogP contribution is -2.26. The maximum atomic E-state index is 12.6. The maximum Gasteiger partial charge on any atom is 0.315 e. The minimum atomic E-state index is -0.524. The van der Waals surface area contributed by atoms with E-state index in [9.17, 15) is 14.9 Å². The third-order valence-electron chi connectivity index (χ3n) is 5.45. The van der Waals surface area contributed by atoms with Crippen LogP contribution in [0.2, 0.25) is 0 Å². The molecule has 2 fully saturated rings. The van der Waals surface area contributed by atoms with Gasteiger partial charge in [0.1, 0.15) is 17.2 Å². The van der Waals surface area contributed by atoms with E-state index < -0.39 is 10.9 Å². The van der Waals surface area contributed by atoms with E-state index >= 15 is 0 Å². The van der Waals surface area contributed by atoms with E-state index in [4.69, 9.17) is 23.7 Å². The van der Waals surface area contributed by atoms with Crippen molar-refractivity contribution in [1.82, 2.24) is 0 Å². The van der Waals surface area contributed by atoms with Gasteiger partial charge in [-0.1, -0.05) is 0 Å². The number of nitro groups is 1. The molecule has 176 valence electrons. The Balaban J connectivity index is 1.47. The number of hydrogen-bond acceptors (Lipinski definition) is 8. The SMILES string of the molecule is O=C(Cc1cc(OC2CCCCO2)ccc1OC1CCCCO1)Oc1ccc([N+](=O)[O-])cc1. The molecule has 33 heavy (non-hydrogen) atoms. The average molecular weight is 457 g/mol. The lowest BCUT2D eigenvalue weighted by molar-refractivity contribution is -0.384. The molecule has 9 nitrogen and oxygen atoms in total. The zero-order valence-electron chi connectivity index (χ0n) is 18.3. The normalized spacial score (nSPS) is 20.6. The van der Waals surface area contributed by atoms with Crippen LogP contribution in [-0.2, 0) is 20.7 Å². The van der Waals surface area contributed by atoms with E-state index in [0.29, 0.717) is 30.3 Å². The maximum absolute atomic E-state index is 12.6. The average Bonchev–Trinajstić information content (AvgIpc) is 2.82. The highest BCUT2D eigenvalue weighted by atomic mass is 16.7. The quantitative estimate of drug-likeness (QED) is 0.246. The first-order valence-electron chi connectivity index (χ1n) is 11.2. The molecule has 0 radical (unpaired) electrons. The first kappa shape index (κ1) is 23.0. The Labute approximate surface area is 191 Å². The molecular formula is C24H27NO8. The number of carbonyl (C=O) groups is 1. The largest absolute Gasteiger partial charge is 0.465 e. The summed E-state index contributed by atoms with van der Waals surface area (Å²) in [6, 6.07) is 10.7. The molecule has 2 heterocycles. The molecule has 0 N–H and O–H groups in total. The van der Waals surface area contributed by atoms with Crippen LogP contribution in [0.1, 0.15) is 44.1 Å². The number of rotatable bonds is 8. The number of non-ortho nitro benzene ring substituents is 1. The summed E-state index contributed by atoms with van der Waals surface area (Å²) >= 11 is 0. The predicted molar refractivity (Wildman–Crippen MR) is 117 cm³/mol. The Bertz CT molecular complexity index is 949. The van der Waals surface area contributed by atoms with Crippen molar-refractivity contribution in [3.63, 3.8) is 0 Å². The van der Waals surface area contributed by atoms with Crippen LogP contribution in [0.5, 0.6) is 17.2 Å². The van der Waals surface area contributed by atoms with Crippen molar-refractivity contribution in [2.45, 2.75) is 57.5 Å². The molecule has 9 heteroatoms. The summed E-state index contributed by atoms with van der Waals surface area (Å²) < 4.78 is 28.7. The second-order valence-corrected chi connectivity index (χ2v) is 8.00. The van der Waals surface area contributed by atoms with Crippen molar-refractivity contribution in [3.05, 3.63) is 58.1 Å². The molecule has 2 atom stereocenters. The monoisotopic (exact) mass is 457 g/mol. The van der Waals surface area contributed by atoms with E-state index in [1.165, 1.54) is 24.3 Å². The lowest BCUT2D eigenvalue weighted by Gasteiger charge is -2.26. The Hall–Kier alpha value is -3.17. The fourth-order valence-corrected chi connectivity index (χ4v) is 3.74. The van der Waals surface area contributed by atoms with E-state index in [1.54, 1.807) is 18.2 Å². The van der Waals surface area contributed by atoms with Gasteiger partial charge in [0.25, 0.3) is 5.69 Å². The zero-order chi connectivity index (χ0) is 23.0. The van der Waals surface area contributed by atoms with Gasteiger partial charge in [-0.05, 0) is 56.0 Å². The van der Waals surface area contributed by atoms with Crippen molar-refractivity contribution in [3.8, 4) is 17.2 Å². The number of hydrogen-bond donors (Lipinski definition) is 0. The van der Waals surface area contributed by atoms with Crippen LogP contribution in [-0.4, -0.2) is 36.7 Å². The summed E-state index contributed by atoms with van der Waals surface area (Å²) in [6.07, 6.45) is 4.93. The molecule has 0 spiro atoms. The summed E-state index contributed by atoms with van der Waals surface area (Å²) in [5.74, 6) is 0.812. The third-order valence-corrected chi connectivity index (χ3v) is 5.45. The van der Waals surface area contributed by atoms with E-state index in [1.807, 2.05) is 0 Å². The summed E-state index contributed by atoms with van der Waals surface area (Å²) in [7, 11) is 0. The van der Waals surface area contributed by atoms with Crippen LogP contribution in [0.15, 0.2) is 42.5 Å². The molecule has 2 saturated heterocycles. The molecule has 2 aliphatic rings. The van der Waals surface area contributed by atoms with Crippen LogP contribution in [0.3, 0.4) is 0 Å². The predicted octanol–water partition coefficient (Wildman–Crippen LogP) is 4.55. The first-order valence-corrected chi connectivity index (χ1v) is 11.2. The van der Waals surface area contributed by atoms with Crippen molar-refractivity contribution in [1.29, 1.82) is 0 Å². The summed E-state index contributed by atoms with van der Waals surface area (Å²) in [6.45, 7) is 1.31. The fourth-order valence-electron chi connectivity index (χ4n) is 3.74. The minimum absolute atomic E-state index is 0.0677. The van der Waals surface area contributed by atoms with Gasteiger partial charge in [-0.15, -0.1) is 0 Å². The molecule has 2 unspecified atom stereocenters. The van der Waals surface area contributed by atoms with Gasteiger partial charge >= 0.3 is 5.97 Å². The second-order valence-electron chi connectivity index (χ2n) is 8.00. The third kappa shape index (κ3) is 6.66. The molecule has 0 amide bonds. The number of benzene rings is 2. The van der Waals surface area contributed by atoms with Crippen molar-refractivity contribution < 1.29 is 33.4 Å². The molecule has 2 aromatic carbocycles. The zero-order valence-corrected chi connectivity index (χ0v) is 18.3. The Kier molecular flexibility index (Phi) is 7.74. The summed E-state index contributed by atoms with van der Waals surface area (Å²) in [5, 5.41) is 10.8. The van der Waals surface area contributed by atoms with Gasteiger partial charge < -0.3 is 23.7 Å². The van der Waals surface area contributed by atoms with Gasteiger partial charge in [-0.2, -0.15) is 0 Å². The highest BCUT2D eigenvalue weighted by Gasteiger charge is 2.21. The summed E-state index contributed by atoms with van der Waals surface area (Å²) in [4.78, 5) is 22.9. The lowest BCUT2D eigenvalue weighted by atomic mass is 10.1. The van der Waals surface area contributed by atoms with Crippen molar-refractivity contribution in [2.24, 2.45) is 0 Å². The number of esters is 1. The van der Waals surface area contributed by atoms with Crippen LogP contribution in [0, 0.1) is 10.1 Å². The van der Waals surface area contributed by atoms with Gasteiger partial charge in [0, 0.05) is 30.5 Å². The Morgan fingerprint density at radius 3 is 2.15 bits per heavy atom. The fraction of sp³-hybridized carbons (Fsp3) is 0.458. The standard InChI is InChI=1S/C24H27NO8/c26-22(31-19-9-7-18(8-10-19)25(27)28)16-17-15-20(32-23-5-1-3-13-29-23)11-12-21(17)33-24-6-2-4-14-30-24/h7-12,15,23-24H,1-6,13-14,16H2. The molecule has 0 aliphatic carbocycles. The Morgan fingerprint density at radius 1 is 0.909 bits per heavy atom. The van der Waals surface area contributed by atoms with Crippen LogP contribution >= 0.6 is 0 Å². The number of nitro benzene ring substituents is 1. The van der Waals surface area contributed by atoms with Crippen molar-refractivity contribution in [2.75, 3.05) is 13.2 Å². The minimum Gasteiger partial charge on any atom is -0.465 e. The van der Waals surface area contributed by atoms with Crippen LogP contribution < -0.4 is 14.2 Å². The number of nitrogens with zero attached hydrogens (tertiary/aromatic N) is 1. The van der Waals surface area contributed by atoms with Gasteiger partial charge in [-0.25, -0.2) is 0 Å². The molecule has 2 aromatic rings. The topological polar surface area (TPSA) is 106 Å². The van der Waals surface area contributed by atoms with Gasteiger partial charge in [0.2, 0.25) is 0 Å². The van der Waals surface area contributed by atoms with Crippen molar-refractivity contribution >= 4 is 11.7 Å². The summed E-state index contributed by atoms with van der Waals surface area (Å²) in [5.41, 5.74) is 0.525. The van der Waals surface area contributed by atoms with Crippen LogP contribution in [0.25, 0.3) is 0 Å². The highest BCUT2D eigenvalue weighted by Crippen LogP contribution is 2.30. The first-order chi connectivity index (χ1) is 16.1. The molecule has 0 aromatic heterocycles. The highest BCUT2D eigenvalue weighted by molar-refractivity contribution is 5.76. The van der Waals surface area contributed by atoms with Gasteiger partial charge in [0.05, 0.1) is 24.6 Å².